The maximum atomic E-state index is 13.0. The maximum absolute atomic E-state index is 13.0. The molecule has 0 spiro atoms. The lowest BCUT2D eigenvalue weighted by Gasteiger charge is -2.15. The van der Waals surface area contributed by atoms with E-state index in [4.69, 9.17) is 9.47 Å². The lowest BCUT2D eigenvalue weighted by Crippen LogP contribution is -2.16. The molecule has 2 aromatic heterocycles. The Labute approximate surface area is 230 Å². The second-order valence-corrected chi connectivity index (χ2v) is 12.8. The number of pyridine rings is 1. The Hall–Kier alpha value is -4.55. The van der Waals surface area contributed by atoms with Crippen LogP contribution in [0.4, 0.5) is 5.69 Å². The van der Waals surface area contributed by atoms with Crippen LogP contribution in [0.15, 0.2) is 99.8 Å². The number of fused-ring (bicyclic) bond motifs is 1. The summed E-state index contributed by atoms with van der Waals surface area (Å²) >= 11 is 0. The van der Waals surface area contributed by atoms with Gasteiger partial charge in [-0.3, -0.25) is 9.52 Å². The number of benzene rings is 3. The summed E-state index contributed by atoms with van der Waals surface area (Å²) in [6.45, 7) is 0. The Morgan fingerprint density at radius 2 is 1.60 bits per heavy atom. The van der Waals surface area contributed by atoms with E-state index in [2.05, 4.69) is 9.71 Å². The second-order valence-electron chi connectivity index (χ2n) is 9.07. The average molecular weight is 580 g/mol. The molecule has 0 aliphatic heterocycles. The minimum Gasteiger partial charge on any atom is -0.497 e. The number of nitrogens with one attached hydrogen (secondary N) is 2. The molecule has 0 radical (unpaired) electrons. The molecule has 0 aliphatic carbocycles. The topological polar surface area (TPSA) is 137 Å². The van der Waals surface area contributed by atoms with Crippen LogP contribution in [0.1, 0.15) is 0 Å². The summed E-state index contributed by atoms with van der Waals surface area (Å²) < 4.78 is 66.0. The summed E-state index contributed by atoms with van der Waals surface area (Å²) in [4.78, 5) is 15.6. The number of sulfone groups is 1. The first kappa shape index (κ1) is 27.0. The summed E-state index contributed by atoms with van der Waals surface area (Å²) in [5, 5.41) is 0.596. The Kier molecular flexibility index (Phi) is 6.90. The van der Waals surface area contributed by atoms with E-state index in [0.717, 1.165) is 6.26 Å². The maximum Gasteiger partial charge on any atom is 0.274 e. The number of aryl methyl sites for hydroxylation is 1. The molecule has 10 nitrogen and oxygen atoms in total. The number of ether oxygens (including phenoxy) is 2. The van der Waals surface area contributed by atoms with Gasteiger partial charge in [0.1, 0.15) is 22.8 Å². The van der Waals surface area contributed by atoms with E-state index in [1.807, 2.05) is 0 Å². The molecular formula is C28H25N3O7S2. The van der Waals surface area contributed by atoms with Crippen molar-refractivity contribution in [2.45, 2.75) is 9.79 Å². The first-order chi connectivity index (χ1) is 19.0. The molecule has 2 N–H and O–H groups in total. The molecule has 12 heteroatoms. The predicted octanol–water partition coefficient (Wildman–Crippen LogP) is 4.54. The fraction of sp³-hybridized carbons (Fsp3) is 0.107. The van der Waals surface area contributed by atoms with Gasteiger partial charge in [0.05, 0.1) is 22.6 Å². The fourth-order valence-corrected chi connectivity index (χ4v) is 5.99. The standard InChI is InChI=1S/C28H25N3O7S2/c1-31-17-25(23-12-13-29-27(23)28(31)32)24-16-21(39(3,33)34)10-11-26(24)38-20-8-4-6-18(14-20)30-40(35,36)22-9-5-7-19(15-22)37-2/h4-17,29-30H,1-3H3. The molecule has 40 heavy (non-hydrogen) atoms. The summed E-state index contributed by atoms with van der Waals surface area (Å²) in [6, 6.07) is 18.6. The van der Waals surface area contributed by atoms with Crippen LogP contribution in [0.25, 0.3) is 22.0 Å². The molecule has 0 aliphatic rings. The number of aromatic amines is 1. The van der Waals surface area contributed by atoms with E-state index in [9.17, 15) is 21.6 Å². The van der Waals surface area contributed by atoms with Crippen LogP contribution in [0.2, 0.25) is 0 Å². The van der Waals surface area contributed by atoms with Crippen molar-refractivity contribution >= 4 is 36.5 Å². The first-order valence-corrected chi connectivity index (χ1v) is 15.3. The Morgan fingerprint density at radius 1 is 0.850 bits per heavy atom. The molecule has 0 unspecified atom stereocenters. The summed E-state index contributed by atoms with van der Waals surface area (Å²) in [5.74, 6) is 1.01. The molecule has 0 bridgehead atoms. The van der Waals surface area contributed by atoms with Gasteiger partial charge in [-0.25, -0.2) is 16.8 Å². The number of rotatable bonds is 8. The van der Waals surface area contributed by atoms with Crippen molar-refractivity contribution < 1.29 is 26.3 Å². The van der Waals surface area contributed by atoms with Crippen molar-refractivity contribution in [3.63, 3.8) is 0 Å². The molecule has 5 rings (SSSR count). The van der Waals surface area contributed by atoms with Gasteiger partial charge < -0.3 is 19.0 Å². The van der Waals surface area contributed by atoms with Crippen molar-refractivity contribution in [2.24, 2.45) is 7.05 Å². The molecule has 5 aromatic rings. The molecule has 0 fully saturated rings. The van der Waals surface area contributed by atoms with Gasteiger partial charge in [-0.15, -0.1) is 0 Å². The van der Waals surface area contributed by atoms with Gasteiger partial charge in [0.2, 0.25) is 0 Å². The molecule has 0 amide bonds. The number of methoxy groups -OCH3 is 1. The summed E-state index contributed by atoms with van der Waals surface area (Å²) in [7, 11) is -4.43. The van der Waals surface area contributed by atoms with Crippen LogP contribution in [0.5, 0.6) is 17.2 Å². The smallest absolute Gasteiger partial charge is 0.274 e. The van der Waals surface area contributed by atoms with Crippen LogP contribution in [0, 0.1) is 0 Å². The van der Waals surface area contributed by atoms with Gasteiger partial charge in [0, 0.05) is 54.3 Å². The number of sulfonamides is 1. The van der Waals surface area contributed by atoms with Crippen molar-refractivity contribution in [1.82, 2.24) is 9.55 Å². The molecule has 2 heterocycles. The zero-order chi connectivity index (χ0) is 28.7. The molecule has 0 saturated carbocycles. The fourth-order valence-electron chi connectivity index (χ4n) is 4.26. The lowest BCUT2D eigenvalue weighted by atomic mass is 10.0. The number of H-pyrrole nitrogens is 1. The van der Waals surface area contributed by atoms with Crippen LogP contribution in [-0.4, -0.2) is 39.8 Å². The van der Waals surface area contributed by atoms with E-state index < -0.39 is 19.9 Å². The highest BCUT2D eigenvalue weighted by Gasteiger charge is 2.19. The Balaban J connectivity index is 1.56. The van der Waals surface area contributed by atoms with E-state index in [1.165, 1.54) is 48.1 Å². The van der Waals surface area contributed by atoms with Crippen LogP contribution >= 0.6 is 0 Å². The monoisotopic (exact) mass is 579 g/mol. The van der Waals surface area contributed by atoms with Gasteiger partial charge in [0.25, 0.3) is 15.6 Å². The largest absolute Gasteiger partial charge is 0.497 e. The quantitative estimate of drug-likeness (QED) is 0.275. The van der Waals surface area contributed by atoms with Gasteiger partial charge in [-0.05, 0) is 48.5 Å². The molecule has 3 aromatic carbocycles. The third-order valence-corrected chi connectivity index (χ3v) is 8.72. The predicted molar refractivity (Wildman–Crippen MR) is 152 cm³/mol. The van der Waals surface area contributed by atoms with Crippen LogP contribution < -0.4 is 19.8 Å². The average Bonchev–Trinajstić information content (AvgIpc) is 3.41. The first-order valence-electron chi connectivity index (χ1n) is 11.9. The summed E-state index contributed by atoms with van der Waals surface area (Å²) in [5.41, 5.74) is 1.40. The number of nitrogens with zero attached hydrogens (tertiary/aromatic N) is 1. The highest BCUT2D eigenvalue weighted by molar-refractivity contribution is 7.92. The number of anilines is 1. The van der Waals surface area contributed by atoms with E-state index in [0.29, 0.717) is 39.3 Å². The third-order valence-electron chi connectivity index (χ3n) is 6.23. The Morgan fingerprint density at radius 3 is 2.35 bits per heavy atom. The highest BCUT2D eigenvalue weighted by Crippen LogP contribution is 2.38. The van der Waals surface area contributed by atoms with Gasteiger partial charge in [-0.1, -0.05) is 12.1 Å². The molecule has 0 atom stereocenters. The van der Waals surface area contributed by atoms with Crippen molar-refractivity contribution in [1.29, 1.82) is 0 Å². The zero-order valence-electron chi connectivity index (χ0n) is 21.7. The second kappa shape index (κ2) is 10.2. The SMILES string of the molecule is COc1cccc(S(=O)(=O)Nc2cccc(Oc3ccc(S(C)(=O)=O)cc3-c3cn(C)c(=O)c4[nH]ccc34)c2)c1. The van der Waals surface area contributed by atoms with E-state index in [-0.39, 0.29) is 21.0 Å². The van der Waals surface area contributed by atoms with Crippen molar-refractivity contribution in [3.05, 3.63) is 95.5 Å². The number of hydrogen-bond donors (Lipinski definition) is 2. The highest BCUT2D eigenvalue weighted by atomic mass is 32.2. The number of hydrogen-bond acceptors (Lipinski definition) is 7. The van der Waals surface area contributed by atoms with Crippen molar-refractivity contribution in [3.8, 4) is 28.4 Å². The van der Waals surface area contributed by atoms with Gasteiger partial charge in [0.15, 0.2) is 9.84 Å². The number of aromatic nitrogens is 2. The van der Waals surface area contributed by atoms with Crippen LogP contribution in [0.3, 0.4) is 0 Å². The minimum atomic E-state index is -3.92. The molecule has 206 valence electrons. The van der Waals surface area contributed by atoms with E-state index in [1.54, 1.807) is 55.8 Å². The van der Waals surface area contributed by atoms with E-state index >= 15 is 0 Å². The van der Waals surface area contributed by atoms with Gasteiger partial charge >= 0.3 is 0 Å². The normalized spacial score (nSPS) is 11.9. The molecule has 0 saturated heterocycles. The third kappa shape index (κ3) is 5.31. The Bertz CT molecular complexity index is 2030. The van der Waals surface area contributed by atoms with Crippen molar-refractivity contribution in [2.75, 3.05) is 18.1 Å². The zero-order valence-corrected chi connectivity index (χ0v) is 23.3. The van der Waals surface area contributed by atoms with Crippen LogP contribution in [-0.2, 0) is 26.9 Å². The molecular weight excluding hydrogens is 554 g/mol. The van der Waals surface area contributed by atoms with Gasteiger partial charge in [-0.2, -0.15) is 0 Å². The lowest BCUT2D eigenvalue weighted by molar-refractivity contribution is 0.413. The minimum absolute atomic E-state index is 0.0297. The summed E-state index contributed by atoms with van der Waals surface area (Å²) in [6.07, 6.45) is 4.36.